The normalized spacial score (nSPS) is 14.2. The van der Waals surface area contributed by atoms with Gasteiger partial charge < -0.3 is 5.32 Å². The summed E-state index contributed by atoms with van der Waals surface area (Å²) in [6, 6.07) is 11.3. The van der Waals surface area contributed by atoms with Gasteiger partial charge in [-0.1, -0.05) is 46.9 Å². The summed E-state index contributed by atoms with van der Waals surface area (Å²) in [6.45, 7) is 1.50. The van der Waals surface area contributed by atoms with E-state index in [0.717, 1.165) is 29.1 Å². The molecule has 0 spiro atoms. The summed E-state index contributed by atoms with van der Waals surface area (Å²) in [4.78, 5) is 4.61. The third-order valence-corrected chi connectivity index (χ3v) is 4.32. The maximum absolute atomic E-state index is 6.06. The number of hydrogen-bond donors (Lipinski definition) is 1. The molecule has 1 heterocycles. The van der Waals surface area contributed by atoms with E-state index in [1.807, 2.05) is 42.5 Å². The molecule has 3 rings (SSSR count). The Morgan fingerprint density at radius 1 is 0.955 bits per heavy atom. The Labute approximate surface area is 144 Å². The minimum atomic E-state index is 0.542. The van der Waals surface area contributed by atoms with Crippen molar-refractivity contribution >= 4 is 52.3 Å². The Hall–Kier alpha value is -1.48. The SMILES string of the molecule is Clc1ccc2c(c1)NCCN=C2/C=C/c1ccc(Cl)c(Cl)c1. The van der Waals surface area contributed by atoms with E-state index in [-0.39, 0.29) is 0 Å². The Morgan fingerprint density at radius 2 is 1.82 bits per heavy atom. The molecule has 0 aromatic heterocycles. The number of benzodiazepines with no additional fused rings is 1. The predicted molar refractivity (Wildman–Crippen MR) is 96.8 cm³/mol. The highest BCUT2D eigenvalue weighted by atomic mass is 35.5. The van der Waals surface area contributed by atoms with Crippen LogP contribution in [-0.4, -0.2) is 18.8 Å². The average molecular weight is 352 g/mol. The van der Waals surface area contributed by atoms with Crippen LogP contribution in [0, 0.1) is 0 Å². The number of rotatable bonds is 2. The molecule has 0 radical (unpaired) electrons. The first-order valence-corrected chi connectivity index (χ1v) is 7.98. The van der Waals surface area contributed by atoms with Crippen LogP contribution in [0.2, 0.25) is 15.1 Å². The van der Waals surface area contributed by atoms with Gasteiger partial charge >= 0.3 is 0 Å². The quantitative estimate of drug-likeness (QED) is 0.751. The van der Waals surface area contributed by atoms with E-state index in [4.69, 9.17) is 34.8 Å². The van der Waals surface area contributed by atoms with E-state index in [9.17, 15) is 0 Å². The van der Waals surface area contributed by atoms with Crippen molar-refractivity contribution in [1.29, 1.82) is 0 Å². The van der Waals surface area contributed by atoms with E-state index < -0.39 is 0 Å². The molecule has 2 aromatic carbocycles. The monoisotopic (exact) mass is 350 g/mol. The van der Waals surface area contributed by atoms with Crippen LogP contribution in [-0.2, 0) is 0 Å². The van der Waals surface area contributed by atoms with Gasteiger partial charge in [-0.25, -0.2) is 0 Å². The first kappa shape index (κ1) is 15.4. The third-order valence-electron chi connectivity index (χ3n) is 3.34. The maximum atomic E-state index is 6.06. The molecule has 0 saturated carbocycles. The Balaban J connectivity index is 1.93. The van der Waals surface area contributed by atoms with Crippen molar-refractivity contribution in [2.24, 2.45) is 4.99 Å². The summed E-state index contributed by atoms with van der Waals surface area (Å²) in [6.07, 6.45) is 3.96. The summed E-state index contributed by atoms with van der Waals surface area (Å²) >= 11 is 18.0. The lowest BCUT2D eigenvalue weighted by Crippen LogP contribution is -2.03. The first-order valence-electron chi connectivity index (χ1n) is 6.85. The fourth-order valence-electron chi connectivity index (χ4n) is 2.27. The summed E-state index contributed by atoms with van der Waals surface area (Å²) in [5, 5.41) is 5.14. The highest BCUT2D eigenvalue weighted by molar-refractivity contribution is 6.42. The van der Waals surface area contributed by atoms with Gasteiger partial charge in [-0.05, 0) is 42.0 Å². The zero-order valence-corrected chi connectivity index (χ0v) is 13.9. The second-order valence-electron chi connectivity index (χ2n) is 4.89. The highest BCUT2D eigenvalue weighted by Crippen LogP contribution is 2.25. The summed E-state index contributed by atoms with van der Waals surface area (Å²) in [7, 11) is 0. The molecular weight excluding hydrogens is 339 g/mol. The second kappa shape index (κ2) is 6.74. The van der Waals surface area contributed by atoms with E-state index in [2.05, 4.69) is 10.3 Å². The zero-order chi connectivity index (χ0) is 15.5. The van der Waals surface area contributed by atoms with Gasteiger partial charge in [0.2, 0.25) is 0 Å². The topological polar surface area (TPSA) is 24.4 Å². The molecule has 0 amide bonds. The van der Waals surface area contributed by atoms with Crippen LogP contribution in [0.4, 0.5) is 5.69 Å². The number of anilines is 1. The molecule has 2 nitrogen and oxygen atoms in total. The van der Waals surface area contributed by atoms with Crippen LogP contribution >= 0.6 is 34.8 Å². The summed E-state index contributed by atoms with van der Waals surface area (Å²) in [5.41, 5.74) is 3.94. The van der Waals surface area contributed by atoms with Gasteiger partial charge in [0.1, 0.15) is 0 Å². The molecule has 22 heavy (non-hydrogen) atoms. The molecule has 1 N–H and O–H groups in total. The Kier molecular flexibility index (Phi) is 4.72. The van der Waals surface area contributed by atoms with Crippen molar-refractivity contribution < 1.29 is 0 Å². The average Bonchev–Trinajstić information content (AvgIpc) is 2.70. The molecule has 2 aromatic rings. The third kappa shape index (κ3) is 3.46. The molecule has 5 heteroatoms. The molecule has 0 saturated heterocycles. The van der Waals surface area contributed by atoms with Crippen molar-refractivity contribution in [2.45, 2.75) is 0 Å². The molecule has 1 aliphatic heterocycles. The van der Waals surface area contributed by atoms with E-state index in [1.54, 1.807) is 6.07 Å². The lowest BCUT2D eigenvalue weighted by Gasteiger charge is -2.08. The van der Waals surface area contributed by atoms with Crippen LogP contribution < -0.4 is 5.32 Å². The van der Waals surface area contributed by atoms with Crippen LogP contribution in [0.5, 0.6) is 0 Å². The number of hydrogen-bond acceptors (Lipinski definition) is 2. The minimum absolute atomic E-state index is 0.542. The predicted octanol–water partition coefficient (Wildman–Crippen LogP) is 5.57. The minimum Gasteiger partial charge on any atom is -0.383 e. The van der Waals surface area contributed by atoms with Crippen LogP contribution in [0.25, 0.3) is 6.08 Å². The van der Waals surface area contributed by atoms with Gasteiger partial charge in [0.05, 0.1) is 22.3 Å². The van der Waals surface area contributed by atoms with E-state index in [0.29, 0.717) is 21.6 Å². The van der Waals surface area contributed by atoms with E-state index >= 15 is 0 Å². The van der Waals surface area contributed by atoms with Crippen molar-refractivity contribution in [3.05, 3.63) is 68.7 Å². The van der Waals surface area contributed by atoms with Crippen LogP contribution in [0.1, 0.15) is 11.1 Å². The fraction of sp³-hybridized carbons (Fsp3) is 0.118. The first-order chi connectivity index (χ1) is 10.6. The number of benzene rings is 2. The molecule has 0 atom stereocenters. The molecule has 0 aliphatic carbocycles. The van der Waals surface area contributed by atoms with Crippen LogP contribution in [0.15, 0.2) is 47.5 Å². The Morgan fingerprint density at radius 3 is 2.64 bits per heavy atom. The smallest absolute Gasteiger partial charge is 0.0668 e. The van der Waals surface area contributed by atoms with Gasteiger partial charge in [0, 0.05) is 22.8 Å². The standard InChI is InChI=1S/C17H13Cl3N2/c18-12-3-4-13-16(21-7-8-22-17(13)10-12)6-2-11-1-5-14(19)15(20)9-11/h1-6,9-10,22H,7-8H2/b6-2+. The molecule has 0 fully saturated rings. The van der Waals surface area contributed by atoms with Gasteiger partial charge in [-0.15, -0.1) is 0 Å². The molecule has 112 valence electrons. The number of nitrogens with zero attached hydrogens (tertiary/aromatic N) is 1. The number of aliphatic imine (C=N–C) groups is 1. The fourth-order valence-corrected chi connectivity index (χ4v) is 2.75. The lowest BCUT2D eigenvalue weighted by molar-refractivity contribution is 1.04. The molecular formula is C17H13Cl3N2. The number of fused-ring (bicyclic) bond motifs is 1. The van der Waals surface area contributed by atoms with Gasteiger partial charge in [-0.3, -0.25) is 4.99 Å². The Bertz CT molecular complexity index is 766. The number of halogens is 3. The van der Waals surface area contributed by atoms with Crippen molar-refractivity contribution in [1.82, 2.24) is 0 Å². The van der Waals surface area contributed by atoms with Crippen molar-refractivity contribution in [2.75, 3.05) is 18.4 Å². The van der Waals surface area contributed by atoms with E-state index in [1.165, 1.54) is 0 Å². The lowest BCUT2D eigenvalue weighted by atomic mass is 10.1. The molecule has 0 bridgehead atoms. The number of nitrogens with one attached hydrogen (secondary N) is 1. The highest BCUT2D eigenvalue weighted by Gasteiger charge is 2.10. The van der Waals surface area contributed by atoms with Gasteiger partial charge in [-0.2, -0.15) is 0 Å². The largest absolute Gasteiger partial charge is 0.383 e. The van der Waals surface area contributed by atoms with Crippen molar-refractivity contribution in [3.8, 4) is 0 Å². The second-order valence-corrected chi connectivity index (χ2v) is 6.14. The summed E-state index contributed by atoms with van der Waals surface area (Å²) in [5.74, 6) is 0. The van der Waals surface area contributed by atoms with Crippen LogP contribution in [0.3, 0.4) is 0 Å². The van der Waals surface area contributed by atoms with Gasteiger partial charge in [0.25, 0.3) is 0 Å². The molecule has 1 aliphatic rings. The summed E-state index contributed by atoms with van der Waals surface area (Å²) < 4.78 is 0. The van der Waals surface area contributed by atoms with Gasteiger partial charge in [0.15, 0.2) is 0 Å². The zero-order valence-electron chi connectivity index (χ0n) is 11.6. The van der Waals surface area contributed by atoms with Crippen molar-refractivity contribution in [3.63, 3.8) is 0 Å². The molecule has 0 unspecified atom stereocenters. The number of allylic oxidation sites excluding steroid dienone is 1. The maximum Gasteiger partial charge on any atom is 0.0668 e.